The number of nitrogens with two attached hydrogens (primary N) is 1. The summed E-state index contributed by atoms with van der Waals surface area (Å²) in [4.78, 5) is 22.0. The molecule has 3 N–H and O–H groups in total. The SMILES string of the molecule is CC(CS)C(=O)NC(CS)C(N)=O. The van der Waals surface area contributed by atoms with Crippen LogP contribution in [0.25, 0.3) is 0 Å². The highest BCUT2D eigenvalue weighted by Crippen LogP contribution is 1.98. The average molecular weight is 222 g/mol. The van der Waals surface area contributed by atoms with Gasteiger partial charge in [-0.2, -0.15) is 25.3 Å². The Balaban J connectivity index is 4.09. The molecule has 0 aromatic rings. The molecule has 0 rings (SSSR count). The van der Waals surface area contributed by atoms with Crippen molar-refractivity contribution in [1.29, 1.82) is 0 Å². The number of primary amides is 1. The molecule has 0 aliphatic heterocycles. The Kier molecular flexibility index (Phi) is 5.98. The van der Waals surface area contributed by atoms with Crippen molar-refractivity contribution in [3.8, 4) is 0 Å². The van der Waals surface area contributed by atoms with Crippen LogP contribution in [-0.4, -0.2) is 29.4 Å². The largest absolute Gasteiger partial charge is 0.368 e. The molecule has 2 amide bonds. The number of carbonyl (C=O) groups excluding carboxylic acids is 2. The third-order valence-electron chi connectivity index (χ3n) is 1.56. The number of hydrogen-bond donors (Lipinski definition) is 4. The maximum absolute atomic E-state index is 11.2. The van der Waals surface area contributed by atoms with Crippen LogP contribution in [0.3, 0.4) is 0 Å². The van der Waals surface area contributed by atoms with Crippen LogP contribution in [0.4, 0.5) is 0 Å². The highest BCUT2D eigenvalue weighted by Gasteiger charge is 2.19. The second kappa shape index (κ2) is 6.15. The summed E-state index contributed by atoms with van der Waals surface area (Å²) >= 11 is 7.85. The maximum Gasteiger partial charge on any atom is 0.240 e. The van der Waals surface area contributed by atoms with Gasteiger partial charge in [0, 0.05) is 17.4 Å². The van der Waals surface area contributed by atoms with Crippen molar-refractivity contribution in [3.63, 3.8) is 0 Å². The average Bonchev–Trinajstić information content (AvgIpc) is 2.11. The highest BCUT2D eigenvalue weighted by molar-refractivity contribution is 7.80. The van der Waals surface area contributed by atoms with Gasteiger partial charge in [0.2, 0.25) is 11.8 Å². The van der Waals surface area contributed by atoms with Crippen molar-refractivity contribution < 1.29 is 9.59 Å². The molecule has 0 aromatic carbocycles. The van der Waals surface area contributed by atoms with E-state index in [4.69, 9.17) is 5.73 Å². The smallest absolute Gasteiger partial charge is 0.240 e. The third kappa shape index (κ3) is 4.42. The quantitative estimate of drug-likeness (QED) is 0.471. The molecule has 0 radical (unpaired) electrons. The first kappa shape index (κ1) is 12.6. The van der Waals surface area contributed by atoms with Gasteiger partial charge >= 0.3 is 0 Å². The van der Waals surface area contributed by atoms with Gasteiger partial charge in [0.25, 0.3) is 0 Å². The first-order chi connectivity index (χ1) is 6.02. The Bertz CT molecular complexity index is 199. The Morgan fingerprint density at radius 3 is 2.23 bits per heavy atom. The van der Waals surface area contributed by atoms with Crippen LogP contribution in [0.5, 0.6) is 0 Å². The number of rotatable bonds is 5. The number of nitrogens with one attached hydrogen (secondary N) is 1. The van der Waals surface area contributed by atoms with E-state index in [0.29, 0.717) is 5.75 Å². The lowest BCUT2D eigenvalue weighted by molar-refractivity contribution is -0.128. The lowest BCUT2D eigenvalue weighted by Gasteiger charge is -2.15. The summed E-state index contributed by atoms with van der Waals surface area (Å²) in [6, 6.07) is -0.696. The van der Waals surface area contributed by atoms with Crippen molar-refractivity contribution in [2.24, 2.45) is 11.7 Å². The zero-order chi connectivity index (χ0) is 10.4. The first-order valence-electron chi connectivity index (χ1n) is 3.84. The first-order valence-corrected chi connectivity index (χ1v) is 5.10. The number of amides is 2. The Labute approximate surface area is 88.5 Å². The van der Waals surface area contributed by atoms with Crippen molar-refractivity contribution in [2.45, 2.75) is 13.0 Å². The maximum atomic E-state index is 11.2. The molecular weight excluding hydrogens is 208 g/mol. The zero-order valence-corrected chi connectivity index (χ0v) is 9.15. The van der Waals surface area contributed by atoms with Crippen LogP contribution in [0.2, 0.25) is 0 Å². The van der Waals surface area contributed by atoms with Crippen LogP contribution in [0.1, 0.15) is 6.92 Å². The van der Waals surface area contributed by atoms with E-state index in [1.165, 1.54) is 0 Å². The molecule has 0 aromatic heterocycles. The second-order valence-electron chi connectivity index (χ2n) is 2.73. The Morgan fingerprint density at radius 1 is 1.38 bits per heavy atom. The summed E-state index contributed by atoms with van der Waals surface area (Å²) in [7, 11) is 0. The van der Waals surface area contributed by atoms with Crippen LogP contribution in [0, 0.1) is 5.92 Å². The minimum Gasteiger partial charge on any atom is -0.368 e. The molecule has 76 valence electrons. The van der Waals surface area contributed by atoms with E-state index in [1.807, 2.05) is 0 Å². The minimum atomic E-state index is -0.696. The van der Waals surface area contributed by atoms with Gasteiger partial charge in [0.15, 0.2) is 0 Å². The molecule has 0 saturated carbocycles. The van der Waals surface area contributed by atoms with E-state index in [0.717, 1.165) is 0 Å². The fourth-order valence-electron chi connectivity index (χ4n) is 0.604. The van der Waals surface area contributed by atoms with E-state index in [1.54, 1.807) is 6.92 Å². The summed E-state index contributed by atoms with van der Waals surface area (Å²) in [6.45, 7) is 1.72. The topological polar surface area (TPSA) is 72.2 Å². The zero-order valence-electron chi connectivity index (χ0n) is 7.36. The number of carbonyl (C=O) groups is 2. The number of thiol groups is 2. The lowest BCUT2D eigenvalue weighted by atomic mass is 10.2. The normalized spacial score (nSPS) is 14.7. The molecule has 0 heterocycles. The second-order valence-corrected chi connectivity index (χ2v) is 3.46. The van der Waals surface area contributed by atoms with Gasteiger partial charge in [-0.1, -0.05) is 6.92 Å². The van der Waals surface area contributed by atoms with Gasteiger partial charge in [0.1, 0.15) is 6.04 Å². The molecule has 4 nitrogen and oxygen atoms in total. The van der Waals surface area contributed by atoms with E-state index in [2.05, 4.69) is 30.6 Å². The van der Waals surface area contributed by atoms with Gasteiger partial charge < -0.3 is 11.1 Å². The summed E-state index contributed by atoms with van der Waals surface area (Å²) in [5, 5.41) is 2.48. The van der Waals surface area contributed by atoms with Crippen LogP contribution < -0.4 is 11.1 Å². The van der Waals surface area contributed by atoms with E-state index < -0.39 is 11.9 Å². The van der Waals surface area contributed by atoms with Gasteiger partial charge in [0.05, 0.1) is 0 Å². The molecule has 2 atom stereocenters. The minimum absolute atomic E-state index is 0.209. The molecule has 6 heteroatoms. The van der Waals surface area contributed by atoms with E-state index >= 15 is 0 Å². The standard InChI is InChI=1S/C7H14N2O2S2/c1-4(2-12)7(11)9-5(3-13)6(8)10/h4-5,12-13H,2-3H2,1H3,(H2,8,10)(H,9,11). The predicted molar refractivity (Wildman–Crippen MR) is 58.0 cm³/mol. The van der Waals surface area contributed by atoms with E-state index in [9.17, 15) is 9.59 Å². The molecule has 0 spiro atoms. The monoisotopic (exact) mass is 222 g/mol. The molecule has 2 unspecified atom stereocenters. The molecule has 0 saturated heterocycles. The molecule has 0 bridgehead atoms. The summed E-state index contributed by atoms with van der Waals surface area (Å²) < 4.78 is 0. The van der Waals surface area contributed by atoms with Gasteiger partial charge in [-0.25, -0.2) is 0 Å². The van der Waals surface area contributed by atoms with E-state index in [-0.39, 0.29) is 17.6 Å². The molecule has 0 fully saturated rings. The summed E-state index contributed by atoms with van der Waals surface area (Å²) in [6.07, 6.45) is 0. The third-order valence-corrected chi connectivity index (χ3v) is 2.48. The lowest BCUT2D eigenvalue weighted by Crippen LogP contribution is -2.47. The molecule has 0 aliphatic carbocycles. The van der Waals surface area contributed by atoms with Crippen LogP contribution in [-0.2, 0) is 9.59 Å². The summed E-state index contributed by atoms with van der Waals surface area (Å²) in [5.74, 6) is -0.391. The van der Waals surface area contributed by atoms with Crippen molar-refractivity contribution in [1.82, 2.24) is 5.32 Å². The Morgan fingerprint density at radius 2 is 1.92 bits per heavy atom. The van der Waals surface area contributed by atoms with Crippen molar-refractivity contribution in [2.75, 3.05) is 11.5 Å². The van der Waals surface area contributed by atoms with Crippen LogP contribution >= 0.6 is 25.3 Å². The number of hydrogen-bond acceptors (Lipinski definition) is 4. The fourth-order valence-corrected chi connectivity index (χ4v) is 1.04. The molecule has 13 heavy (non-hydrogen) atoms. The van der Waals surface area contributed by atoms with Crippen LogP contribution in [0.15, 0.2) is 0 Å². The van der Waals surface area contributed by atoms with Gasteiger partial charge in [-0.05, 0) is 0 Å². The highest BCUT2D eigenvalue weighted by atomic mass is 32.1. The van der Waals surface area contributed by atoms with Crippen molar-refractivity contribution >= 4 is 37.1 Å². The molecular formula is C7H14N2O2S2. The Hall–Kier alpha value is -0.360. The van der Waals surface area contributed by atoms with Gasteiger partial charge in [-0.15, -0.1) is 0 Å². The predicted octanol–water partition coefficient (Wildman–Crippen LogP) is -0.548. The molecule has 0 aliphatic rings. The van der Waals surface area contributed by atoms with Gasteiger partial charge in [-0.3, -0.25) is 9.59 Å². The van der Waals surface area contributed by atoms with Crippen molar-refractivity contribution in [3.05, 3.63) is 0 Å². The summed E-state index contributed by atoms with van der Waals surface area (Å²) in [5.41, 5.74) is 5.02. The fraction of sp³-hybridized carbons (Fsp3) is 0.714.